The molecule has 0 bridgehead atoms. The molecule has 0 aliphatic rings. The van der Waals surface area contributed by atoms with Crippen LogP contribution in [0.2, 0.25) is 0 Å². The number of benzene rings is 2. The minimum Gasteiger partial charge on any atom is -0.383 e. The molecule has 2 aromatic carbocycles. The number of hydrogen-bond donors (Lipinski definition) is 1. The summed E-state index contributed by atoms with van der Waals surface area (Å²) in [6.45, 7) is 2.30. The number of nitrogens with zero attached hydrogens (tertiary/aromatic N) is 2. The lowest BCUT2D eigenvalue weighted by Gasteiger charge is -2.28. The van der Waals surface area contributed by atoms with E-state index in [1.54, 1.807) is 45.3 Å². The smallest absolute Gasteiger partial charge is 0.321 e. The molecule has 0 spiro atoms. The van der Waals surface area contributed by atoms with Gasteiger partial charge < -0.3 is 19.9 Å². The summed E-state index contributed by atoms with van der Waals surface area (Å²) in [6.07, 6.45) is 0.702. The summed E-state index contributed by atoms with van der Waals surface area (Å²) in [5.74, 6) is -0.0597. The summed E-state index contributed by atoms with van der Waals surface area (Å²) in [6, 6.07) is 15.0. The Bertz CT molecular complexity index is 806. The Labute approximate surface area is 167 Å². The van der Waals surface area contributed by atoms with Gasteiger partial charge in [0.1, 0.15) is 0 Å². The third-order valence-corrected chi connectivity index (χ3v) is 4.66. The number of ether oxygens (including phenoxy) is 1. The maximum absolute atomic E-state index is 12.7. The second-order valence-electron chi connectivity index (χ2n) is 7.07. The van der Waals surface area contributed by atoms with Crippen LogP contribution in [0.1, 0.15) is 21.5 Å². The van der Waals surface area contributed by atoms with E-state index in [-0.39, 0.29) is 18.0 Å². The molecule has 28 heavy (non-hydrogen) atoms. The van der Waals surface area contributed by atoms with Gasteiger partial charge in [0, 0.05) is 39.5 Å². The predicted molar refractivity (Wildman–Crippen MR) is 112 cm³/mol. The van der Waals surface area contributed by atoms with E-state index < -0.39 is 0 Å². The minimum absolute atomic E-state index is 0.0597. The van der Waals surface area contributed by atoms with Crippen LogP contribution in [0.4, 0.5) is 10.5 Å². The van der Waals surface area contributed by atoms with Gasteiger partial charge >= 0.3 is 6.03 Å². The van der Waals surface area contributed by atoms with E-state index in [4.69, 9.17) is 4.74 Å². The monoisotopic (exact) mass is 383 g/mol. The highest BCUT2D eigenvalue weighted by molar-refractivity contribution is 5.96. The van der Waals surface area contributed by atoms with Crippen LogP contribution in [0.15, 0.2) is 48.5 Å². The van der Waals surface area contributed by atoms with Crippen molar-refractivity contribution >= 4 is 17.6 Å². The van der Waals surface area contributed by atoms with E-state index in [9.17, 15) is 9.59 Å². The molecule has 2 rings (SSSR count). The number of likely N-dealkylation sites (N-methyl/N-ethyl adjacent to an activating group) is 1. The summed E-state index contributed by atoms with van der Waals surface area (Å²) < 4.78 is 5.32. The zero-order valence-electron chi connectivity index (χ0n) is 17.2. The van der Waals surface area contributed by atoms with Crippen LogP contribution in [0.25, 0.3) is 0 Å². The lowest BCUT2D eigenvalue weighted by Crippen LogP contribution is -2.43. The maximum atomic E-state index is 12.7. The highest BCUT2D eigenvalue weighted by Gasteiger charge is 2.21. The molecule has 0 radical (unpaired) electrons. The predicted octanol–water partition coefficient (Wildman–Crippen LogP) is 3.42. The van der Waals surface area contributed by atoms with Crippen molar-refractivity contribution in [1.29, 1.82) is 0 Å². The van der Waals surface area contributed by atoms with Crippen LogP contribution < -0.4 is 5.32 Å². The first-order chi connectivity index (χ1) is 13.3. The van der Waals surface area contributed by atoms with E-state index in [0.717, 1.165) is 11.1 Å². The van der Waals surface area contributed by atoms with Crippen molar-refractivity contribution < 1.29 is 14.3 Å². The Kier molecular flexibility index (Phi) is 7.58. The standard InChI is InChI=1S/C22H29N3O3/c1-16-13-18(11-12-20(16)21(26)24(2)3)23-22(27)25(4)19(15-28-5)14-17-9-7-6-8-10-17/h6-13,19H,14-15H2,1-5H3,(H,23,27)/t19-/m1/s1. The first-order valence-electron chi connectivity index (χ1n) is 9.22. The normalized spacial score (nSPS) is 11.6. The van der Waals surface area contributed by atoms with Gasteiger partial charge in [0.15, 0.2) is 0 Å². The molecule has 0 heterocycles. The zero-order valence-corrected chi connectivity index (χ0v) is 17.2. The SMILES string of the molecule is COC[C@@H](Cc1ccccc1)N(C)C(=O)Nc1ccc(C(=O)N(C)C)c(C)c1. The van der Waals surface area contributed by atoms with Crippen LogP contribution in [0.5, 0.6) is 0 Å². The Hall–Kier alpha value is -2.86. The number of amides is 3. The van der Waals surface area contributed by atoms with Crippen molar-refractivity contribution in [3.63, 3.8) is 0 Å². The van der Waals surface area contributed by atoms with Crippen LogP contribution in [-0.4, -0.2) is 62.6 Å². The first-order valence-corrected chi connectivity index (χ1v) is 9.22. The third-order valence-electron chi connectivity index (χ3n) is 4.66. The van der Waals surface area contributed by atoms with Crippen molar-refractivity contribution in [2.24, 2.45) is 0 Å². The van der Waals surface area contributed by atoms with E-state index in [0.29, 0.717) is 24.3 Å². The second kappa shape index (κ2) is 9.90. The zero-order chi connectivity index (χ0) is 20.7. The number of hydrogen-bond acceptors (Lipinski definition) is 3. The van der Waals surface area contributed by atoms with Gasteiger partial charge in [-0.25, -0.2) is 4.79 Å². The largest absolute Gasteiger partial charge is 0.383 e. The fraction of sp³-hybridized carbons (Fsp3) is 0.364. The molecule has 1 atom stereocenters. The Morgan fingerprint density at radius 3 is 2.32 bits per heavy atom. The summed E-state index contributed by atoms with van der Waals surface area (Å²) in [5, 5.41) is 2.91. The molecule has 6 nitrogen and oxygen atoms in total. The fourth-order valence-electron chi connectivity index (χ4n) is 2.99. The second-order valence-corrected chi connectivity index (χ2v) is 7.07. The number of urea groups is 1. The van der Waals surface area contributed by atoms with Crippen molar-refractivity contribution in [2.45, 2.75) is 19.4 Å². The molecule has 0 unspecified atom stereocenters. The molecule has 0 aliphatic heterocycles. The van der Waals surface area contributed by atoms with E-state index >= 15 is 0 Å². The van der Waals surface area contributed by atoms with Gasteiger partial charge in [0.05, 0.1) is 12.6 Å². The van der Waals surface area contributed by atoms with Crippen LogP contribution in [-0.2, 0) is 11.2 Å². The first kappa shape index (κ1) is 21.4. The highest BCUT2D eigenvalue weighted by Crippen LogP contribution is 2.18. The maximum Gasteiger partial charge on any atom is 0.321 e. The number of rotatable bonds is 7. The molecule has 0 aromatic heterocycles. The number of nitrogens with one attached hydrogen (secondary N) is 1. The molecule has 0 saturated carbocycles. The molecular weight excluding hydrogens is 354 g/mol. The van der Waals surface area contributed by atoms with Gasteiger partial charge in [-0.05, 0) is 42.7 Å². The number of carbonyl (C=O) groups excluding carboxylic acids is 2. The summed E-state index contributed by atoms with van der Waals surface area (Å²) in [4.78, 5) is 28.1. The van der Waals surface area contributed by atoms with Crippen molar-refractivity contribution in [3.05, 3.63) is 65.2 Å². The van der Waals surface area contributed by atoms with Crippen molar-refractivity contribution in [3.8, 4) is 0 Å². The Balaban J connectivity index is 2.09. The van der Waals surface area contributed by atoms with Crippen molar-refractivity contribution in [2.75, 3.05) is 40.2 Å². The number of methoxy groups -OCH3 is 1. The van der Waals surface area contributed by atoms with Crippen LogP contribution in [0.3, 0.4) is 0 Å². The van der Waals surface area contributed by atoms with Crippen molar-refractivity contribution in [1.82, 2.24) is 9.80 Å². The Morgan fingerprint density at radius 2 is 1.75 bits per heavy atom. The van der Waals surface area contributed by atoms with Gasteiger partial charge in [-0.15, -0.1) is 0 Å². The van der Waals surface area contributed by atoms with E-state index in [1.807, 2.05) is 43.3 Å². The summed E-state index contributed by atoms with van der Waals surface area (Å²) in [5.41, 5.74) is 3.24. The lowest BCUT2D eigenvalue weighted by molar-refractivity contribution is 0.0827. The molecule has 0 aliphatic carbocycles. The number of aryl methyl sites for hydroxylation is 1. The molecule has 1 N–H and O–H groups in total. The molecule has 0 fully saturated rings. The summed E-state index contributed by atoms with van der Waals surface area (Å²) in [7, 11) is 6.83. The molecular formula is C22H29N3O3. The topological polar surface area (TPSA) is 61.9 Å². The molecule has 2 aromatic rings. The van der Waals surface area contributed by atoms with E-state index in [2.05, 4.69) is 5.32 Å². The van der Waals surface area contributed by atoms with Gasteiger partial charge in [-0.2, -0.15) is 0 Å². The molecule has 150 valence electrons. The molecule has 3 amide bonds. The number of carbonyl (C=O) groups is 2. The average Bonchev–Trinajstić information content (AvgIpc) is 2.67. The van der Waals surface area contributed by atoms with Gasteiger partial charge in [-0.3, -0.25) is 4.79 Å². The van der Waals surface area contributed by atoms with E-state index in [1.165, 1.54) is 4.90 Å². The highest BCUT2D eigenvalue weighted by atomic mass is 16.5. The van der Waals surface area contributed by atoms with Crippen LogP contribution >= 0.6 is 0 Å². The van der Waals surface area contributed by atoms with Gasteiger partial charge in [-0.1, -0.05) is 30.3 Å². The molecule has 6 heteroatoms. The third kappa shape index (κ3) is 5.57. The quantitative estimate of drug-likeness (QED) is 0.797. The van der Waals surface area contributed by atoms with Gasteiger partial charge in [0.2, 0.25) is 0 Å². The lowest BCUT2D eigenvalue weighted by atomic mass is 10.1. The minimum atomic E-state index is -0.218. The van der Waals surface area contributed by atoms with Gasteiger partial charge in [0.25, 0.3) is 5.91 Å². The number of anilines is 1. The van der Waals surface area contributed by atoms with Crippen LogP contribution in [0, 0.1) is 6.92 Å². The molecule has 0 saturated heterocycles. The summed E-state index contributed by atoms with van der Waals surface area (Å²) >= 11 is 0. The fourth-order valence-corrected chi connectivity index (χ4v) is 2.99. The Morgan fingerprint density at radius 1 is 1.07 bits per heavy atom. The average molecular weight is 383 g/mol.